The number of halogens is 1. The summed E-state index contributed by atoms with van der Waals surface area (Å²) in [4.78, 5) is 16.2. The third-order valence-corrected chi connectivity index (χ3v) is 6.98. The van der Waals surface area contributed by atoms with Gasteiger partial charge in [0, 0.05) is 18.4 Å². The van der Waals surface area contributed by atoms with Gasteiger partial charge in [0.15, 0.2) is 0 Å². The van der Waals surface area contributed by atoms with Crippen LogP contribution in [0.5, 0.6) is 11.6 Å². The van der Waals surface area contributed by atoms with Crippen LogP contribution in [0.25, 0.3) is 0 Å². The van der Waals surface area contributed by atoms with E-state index in [1.54, 1.807) is 42.5 Å². The van der Waals surface area contributed by atoms with Gasteiger partial charge in [-0.15, -0.1) is 11.3 Å². The summed E-state index contributed by atoms with van der Waals surface area (Å²) in [6.45, 7) is 2.31. The number of nitrogens with zero attached hydrogens (tertiary/aromatic N) is 1. The number of sulfonamides is 1. The number of carbonyl (C=O) groups is 1. The fourth-order valence-electron chi connectivity index (χ4n) is 2.25. The molecule has 0 aliphatic heterocycles. The van der Waals surface area contributed by atoms with Crippen molar-refractivity contribution in [2.45, 2.75) is 11.1 Å². The Labute approximate surface area is 175 Å². The molecule has 1 amide bonds. The first kappa shape index (κ1) is 20.3. The maximum Gasteiger partial charge on any atom is 0.271 e. The van der Waals surface area contributed by atoms with Gasteiger partial charge in [-0.25, -0.2) is 13.4 Å². The zero-order valence-corrected chi connectivity index (χ0v) is 17.9. The monoisotopic (exact) mass is 481 g/mol. The van der Waals surface area contributed by atoms with E-state index < -0.39 is 10.0 Å². The average molecular weight is 482 g/mol. The van der Waals surface area contributed by atoms with Crippen molar-refractivity contribution in [2.75, 3.05) is 11.3 Å². The summed E-state index contributed by atoms with van der Waals surface area (Å²) in [5, 5.41) is 2.70. The van der Waals surface area contributed by atoms with Gasteiger partial charge in [0.1, 0.15) is 15.5 Å². The highest BCUT2D eigenvalue weighted by atomic mass is 79.9. The van der Waals surface area contributed by atoms with E-state index in [1.807, 2.05) is 6.92 Å². The molecule has 0 aliphatic rings. The predicted molar refractivity (Wildman–Crippen MR) is 112 cm³/mol. The summed E-state index contributed by atoms with van der Waals surface area (Å²) >= 11 is 4.37. The quantitative estimate of drug-likeness (QED) is 0.525. The normalized spacial score (nSPS) is 11.1. The molecule has 2 N–H and O–H groups in total. The molecule has 28 heavy (non-hydrogen) atoms. The van der Waals surface area contributed by atoms with Crippen LogP contribution in [0.1, 0.15) is 17.3 Å². The van der Waals surface area contributed by atoms with Gasteiger partial charge < -0.3 is 10.1 Å². The number of hydrogen-bond donors (Lipinski definition) is 2. The summed E-state index contributed by atoms with van der Waals surface area (Å²) in [7, 11) is -3.66. The van der Waals surface area contributed by atoms with Gasteiger partial charge in [0.2, 0.25) is 5.88 Å². The third-order valence-electron chi connectivity index (χ3n) is 3.49. The van der Waals surface area contributed by atoms with Gasteiger partial charge in [-0.1, -0.05) is 0 Å². The molecule has 3 rings (SSSR count). The maximum absolute atomic E-state index is 12.4. The first-order valence-corrected chi connectivity index (χ1v) is 11.3. The maximum atomic E-state index is 12.4. The molecule has 0 bridgehead atoms. The smallest absolute Gasteiger partial charge is 0.271 e. The molecule has 0 unspecified atom stereocenters. The fourth-order valence-corrected chi connectivity index (χ4v) is 5.32. The first-order chi connectivity index (χ1) is 13.4. The summed E-state index contributed by atoms with van der Waals surface area (Å²) < 4.78 is 33.9. The van der Waals surface area contributed by atoms with Crippen molar-refractivity contribution in [1.82, 2.24) is 10.3 Å². The second kappa shape index (κ2) is 8.72. The number of pyridine rings is 1. The molecule has 0 radical (unpaired) electrons. The van der Waals surface area contributed by atoms with Crippen LogP contribution in [-0.2, 0) is 10.0 Å². The van der Waals surface area contributed by atoms with Crippen molar-refractivity contribution in [3.63, 3.8) is 0 Å². The highest BCUT2D eigenvalue weighted by Crippen LogP contribution is 2.29. The highest BCUT2D eigenvalue weighted by Gasteiger charge is 2.17. The van der Waals surface area contributed by atoms with E-state index in [0.717, 1.165) is 15.1 Å². The number of nitrogens with one attached hydrogen (secondary N) is 2. The van der Waals surface area contributed by atoms with Gasteiger partial charge in [-0.3, -0.25) is 9.52 Å². The minimum Gasteiger partial charge on any atom is -0.438 e. The lowest BCUT2D eigenvalue weighted by Gasteiger charge is -2.11. The Morgan fingerprint density at radius 2 is 1.93 bits per heavy atom. The van der Waals surface area contributed by atoms with E-state index in [-0.39, 0.29) is 16.0 Å². The van der Waals surface area contributed by atoms with Crippen LogP contribution in [0.2, 0.25) is 0 Å². The fraction of sp³-hybridized carbons (Fsp3) is 0.111. The highest BCUT2D eigenvalue weighted by molar-refractivity contribution is 9.11. The van der Waals surface area contributed by atoms with E-state index >= 15 is 0 Å². The van der Waals surface area contributed by atoms with Crippen LogP contribution in [0.3, 0.4) is 0 Å². The summed E-state index contributed by atoms with van der Waals surface area (Å²) in [5.41, 5.74) is 0.708. The Morgan fingerprint density at radius 1 is 1.18 bits per heavy atom. The Bertz CT molecular complexity index is 1080. The SMILES string of the molecule is CCNC(=O)c1cccnc1Oc1ccc(NS(=O)(=O)c2ccc(Br)s2)cc1. The van der Waals surface area contributed by atoms with Crippen molar-refractivity contribution < 1.29 is 17.9 Å². The largest absolute Gasteiger partial charge is 0.438 e. The van der Waals surface area contributed by atoms with Crippen LogP contribution in [-0.4, -0.2) is 25.9 Å². The molecule has 0 saturated carbocycles. The van der Waals surface area contributed by atoms with Gasteiger partial charge >= 0.3 is 0 Å². The lowest BCUT2D eigenvalue weighted by molar-refractivity contribution is 0.0953. The molecule has 7 nitrogen and oxygen atoms in total. The van der Waals surface area contributed by atoms with E-state index in [2.05, 4.69) is 31.0 Å². The first-order valence-electron chi connectivity index (χ1n) is 8.18. The minimum atomic E-state index is -3.66. The Morgan fingerprint density at radius 3 is 2.57 bits per heavy atom. The van der Waals surface area contributed by atoms with Crippen molar-refractivity contribution in [1.29, 1.82) is 0 Å². The molecule has 0 saturated heterocycles. The summed E-state index contributed by atoms with van der Waals surface area (Å²) in [6.07, 6.45) is 1.53. The lowest BCUT2D eigenvalue weighted by Crippen LogP contribution is -2.23. The summed E-state index contributed by atoms with van der Waals surface area (Å²) in [5.74, 6) is 0.313. The lowest BCUT2D eigenvalue weighted by atomic mass is 10.2. The number of thiophene rings is 1. The number of hydrogen-bond acceptors (Lipinski definition) is 6. The number of anilines is 1. The van der Waals surface area contributed by atoms with Crippen LogP contribution < -0.4 is 14.8 Å². The number of amides is 1. The molecule has 2 aromatic heterocycles. The van der Waals surface area contributed by atoms with Gasteiger partial charge in [0.05, 0.1) is 3.79 Å². The summed E-state index contributed by atoms with van der Waals surface area (Å²) in [6, 6.07) is 12.8. The zero-order chi connectivity index (χ0) is 20.1. The molecular formula is C18H16BrN3O4S2. The van der Waals surface area contributed by atoms with Gasteiger partial charge in [-0.2, -0.15) is 0 Å². The topological polar surface area (TPSA) is 97.4 Å². The van der Waals surface area contributed by atoms with E-state index in [0.29, 0.717) is 23.5 Å². The van der Waals surface area contributed by atoms with Crippen molar-refractivity contribution in [3.05, 3.63) is 64.1 Å². The molecule has 0 spiro atoms. The number of ether oxygens (including phenoxy) is 1. The molecule has 0 atom stereocenters. The number of aromatic nitrogens is 1. The Kier molecular flexibility index (Phi) is 6.32. The number of benzene rings is 1. The van der Waals surface area contributed by atoms with E-state index in [4.69, 9.17) is 4.74 Å². The van der Waals surface area contributed by atoms with E-state index in [1.165, 1.54) is 12.3 Å². The molecule has 0 aliphatic carbocycles. The molecule has 3 aromatic rings. The van der Waals surface area contributed by atoms with Crippen LogP contribution in [0.15, 0.2) is 62.7 Å². The Balaban J connectivity index is 1.75. The molecule has 0 fully saturated rings. The third kappa shape index (κ3) is 4.89. The van der Waals surface area contributed by atoms with Crippen LogP contribution in [0, 0.1) is 0 Å². The minimum absolute atomic E-state index is 0.171. The molecule has 1 aromatic carbocycles. The number of rotatable bonds is 7. The standard InChI is InChI=1S/C18H16BrN3O4S2/c1-2-20-17(23)14-4-3-11-21-18(14)26-13-7-5-12(6-8-13)22-28(24,25)16-10-9-15(19)27-16/h3-11,22H,2H2,1H3,(H,20,23). The molecule has 146 valence electrons. The molecule has 2 heterocycles. The van der Waals surface area contributed by atoms with Gasteiger partial charge in [-0.05, 0) is 71.4 Å². The van der Waals surface area contributed by atoms with Crippen molar-refractivity contribution >= 4 is 48.9 Å². The Hall–Kier alpha value is -2.43. The second-order valence-electron chi connectivity index (χ2n) is 5.51. The molecule has 10 heteroatoms. The number of carbonyl (C=O) groups excluding carboxylic acids is 1. The zero-order valence-electron chi connectivity index (χ0n) is 14.7. The molecular weight excluding hydrogens is 466 g/mol. The van der Waals surface area contributed by atoms with E-state index in [9.17, 15) is 13.2 Å². The predicted octanol–water partition coefficient (Wildman–Crippen LogP) is 4.25. The van der Waals surface area contributed by atoms with Gasteiger partial charge in [0.25, 0.3) is 15.9 Å². The van der Waals surface area contributed by atoms with Crippen LogP contribution in [0.4, 0.5) is 5.69 Å². The van der Waals surface area contributed by atoms with Crippen molar-refractivity contribution in [3.8, 4) is 11.6 Å². The second-order valence-corrected chi connectivity index (χ2v) is 9.88. The van der Waals surface area contributed by atoms with Crippen LogP contribution >= 0.6 is 27.3 Å². The average Bonchev–Trinajstić information content (AvgIpc) is 3.11. The van der Waals surface area contributed by atoms with Crippen molar-refractivity contribution in [2.24, 2.45) is 0 Å².